The summed E-state index contributed by atoms with van der Waals surface area (Å²) in [6, 6.07) is 13.6. The van der Waals surface area contributed by atoms with E-state index >= 15 is 0 Å². The number of halogens is 2. The highest BCUT2D eigenvalue weighted by atomic mass is 35.5. The predicted octanol–water partition coefficient (Wildman–Crippen LogP) is 4.09. The van der Waals surface area contributed by atoms with Crippen LogP contribution in [0.3, 0.4) is 0 Å². The van der Waals surface area contributed by atoms with Gasteiger partial charge in [-0.05, 0) is 49.4 Å². The number of anilines is 1. The molecule has 36 heavy (non-hydrogen) atoms. The maximum absolute atomic E-state index is 13.1. The van der Waals surface area contributed by atoms with E-state index in [2.05, 4.69) is 4.90 Å². The minimum atomic E-state index is -3.62. The molecule has 12 heteroatoms. The number of aromatic nitrogens is 4. The number of rotatable bonds is 6. The van der Waals surface area contributed by atoms with Crippen molar-refractivity contribution in [2.24, 2.45) is 0 Å². The summed E-state index contributed by atoms with van der Waals surface area (Å²) in [4.78, 5) is 11.8. The summed E-state index contributed by atoms with van der Waals surface area (Å²) in [5.74, 6) is 1.22. The van der Waals surface area contributed by atoms with Crippen LogP contribution in [0, 0.1) is 6.92 Å². The summed E-state index contributed by atoms with van der Waals surface area (Å²) in [7, 11) is -2.03. The smallest absolute Gasteiger partial charge is 0.243 e. The van der Waals surface area contributed by atoms with Crippen molar-refractivity contribution in [3.63, 3.8) is 0 Å². The molecule has 0 aliphatic carbocycles. The van der Waals surface area contributed by atoms with Crippen molar-refractivity contribution in [1.29, 1.82) is 0 Å². The molecule has 0 radical (unpaired) electrons. The highest BCUT2D eigenvalue weighted by Gasteiger charge is 2.31. The number of sulfonamides is 1. The minimum Gasteiger partial charge on any atom is -0.377 e. The Morgan fingerprint density at radius 2 is 1.69 bits per heavy atom. The molecular formula is C24H24Cl2N6O3S. The fourth-order valence-electron chi connectivity index (χ4n) is 4.31. The highest BCUT2D eigenvalue weighted by molar-refractivity contribution is 7.89. The third-order valence-electron chi connectivity index (χ3n) is 6.05. The summed E-state index contributed by atoms with van der Waals surface area (Å²) >= 11 is 12.2. The Kier molecular flexibility index (Phi) is 6.88. The number of nitrogens with zero attached hydrogens (tertiary/aromatic N) is 6. The van der Waals surface area contributed by atoms with E-state index in [1.165, 1.54) is 16.4 Å². The first-order valence-corrected chi connectivity index (χ1v) is 13.5. The molecule has 0 atom stereocenters. The Balaban J connectivity index is 1.49. The monoisotopic (exact) mass is 546 g/mol. The van der Waals surface area contributed by atoms with Crippen molar-refractivity contribution in [2.45, 2.75) is 18.4 Å². The average molecular weight is 547 g/mol. The third-order valence-corrected chi connectivity index (χ3v) is 8.45. The largest absolute Gasteiger partial charge is 0.377 e. The molecule has 0 amide bonds. The average Bonchev–Trinajstić information content (AvgIpc) is 3.20. The van der Waals surface area contributed by atoms with Gasteiger partial charge < -0.3 is 9.64 Å². The maximum Gasteiger partial charge on any atom is 0.243 e. The lowest BCUT2D eigenvalue weighted by Crippen LogP contribution is -2.49. The topological polar surface area (TPSA) is 93.5 Å². The summed E-state index contributed by atoms with van der Waals surface area (Å²) in [6.07, 6.45) is 0. The van der Waals surface area contributed by atoms with Crippen molar-refractivity contribution in [3.05, 3.63) is 70.1 Å². The molecule has 9 nitrogen and oxygen atoms in total. The molecule has 4 aromatic rings. The SMILES string of the molecule is COCc1nc(N2CCN(S(=O)(=O)c3ccc(Cl)cc3)CC2)c2c(C)nn(-c3cccc(Cl)c3)c2n1. The molecule has 188 valence electrons. The highest BCUT2D eigenvalue weighted by Crippen LogP contribution is 2.31. The van der Waals surface area contributed by atoms with E-state index < -0.39 is 10.0 Å². The first-order valence-electron chi connectivity index (χ1n) is 11.3. The van der Waals surface area contributed by atoms with Gasteiger partial charge in [-0.3, -0.25) is 0 Å². The van der Waals surface area contributed by atoms with Gasteiger partial charge in [0.25, 0.3) is 0 Å². The lowest BCUT2D eigenvalue weighted by atomic mass is 10.2. The van der Waals surface area contributed by atoms with Crippen LogP contribution < -0.4 is 4.90 Å². The molecule has 1 fully saturated rings. The van der Waals surface area contributed by atoms with Gasteiger partial charge in [0.1, 0.15) is 12.4 Å². The normalized spacial score (nSPS) is 15.1. The Morgan fingerprint density at radius 1 is 0.972 bits per heavy atom. The lowest BCUT2D eigenvalue weighted by Gasteiger charge is -2.35. The third kappa shape index (κ3) is 4.67. The Morgan fingerprint density at radius 3 is 2.36 bits per heavy atom. The van der Waals surface area contributed by atoms with Crippen LogP contribution in [0.4, 0.5) is 5.82 Å². The van der Waals surface area contributed by atoms with Gasteiger partial charge in [0.2, 0.25) is 10.0 Å². The predicted molar refractivity (Wildman–Crippen MR) is 140 cm³/mol. The number of piperazine rings is 1. The van der Waals surface area contributed by atoms with E-state index in [1.807, 2.05) is 25.1 Å². The van der Waals surface area contributed by atoms with Gasteiger partial charge in [-0.25, -0.2) is 23.1 Å². The number of ether oxygens (including phenoxy) is 1. The second kappa shape index (κ2) is 9.95. The molecule has 0 saturated carbocycles. The molecule has 0 bridgehead atoms. The second-order valence-electron chi connectivity index (χ2n) is 8.42. The molecule has 1 aliphatic heterocycles. The first-order chi connectivity index (χ1) is 17.3. The standard InChI is InChI=1S/C24H24Cl2N6O3S/c1-16-22-23(30-10-12-31(13-11-30)36(33,34)20-8-6-17(25)7-9-20)27-21(15-35-2)28-24(22)32(29-16)19-5-3-4-18(26)14-19/h3-9,14H,10-13,15H2,1-2H3. The lowest BCUT2D eigenvalue weighted by molar-refractivity contribution is 0.178. The minimum absolute atomic E-state index is 0.228. The number of hydrogen-bond donors (Lipinski definition) is 0. The maximum atomic E-state index is 13.1. The molecule has 0 N–H and O–H groups in total. The zero-order valence-electron chi connectivity index (χ0n) is 19.7. The number of aryl methyl sites for hydroxylation is 1. The first kappa shape index (κ1) is 24.9. The van der Waals surface area contributed by atoms with Crippen LogP contribution in [-0.4, -0.2) is 65.8 Å². The van der Waals surface area contributed by atoms with Gasteiger partial charge >= 0.3 is 0 Å². The Labute approximate surface area is 219 Å². The van der Waals surface area contributed by atoms with Crippen molar-refractivity contribution in [1.82, 2.24) is 24.1 Å². The van der Waals surface area contributed by atoms with Gasteiger partial charge in [0.05, 0.1) is 21.7 Å². The van der Waals surface area contributed by atoms with E-state index in [1.54, 1.807) is 30.0 Å². The summed E-state index contributed by atoms with van der Waals surface area (Å²) < 4.78 is 34.8. The van der Waals surface area contributed by atoms with E-state index in [9.17, 15) is 8.42 Å². The fraction of sp³-hybridized carbons (Fsp3) is 0.292. The van der Waals surface area contributed by atoms with E-state index in [0.717, 1.165) is 16.8 Å². The van der Waals surface area contributed by atoms with Crippen molar-refractivity contribution >= 4 is 50.1 Å². The van der Waals surface area contributed by atoms with Crippen molar-refractivity contribution in [3.8, 4) is 5.69 Å². The van der Waals surface area contributed by atoms with E-state index in [-0.39, 0.29) is 11.5 Å². The quantitative estimate of drug-likeness (QED) is 0.359. The second-order valence-corrected chi connectivity index (χ2v) is 11.2. The van der Waals surface area contributed by atoms with Gasteiger partial charge in [0, 0.05) is 43.3 Å². The van der Waals surface area contributed by atoms with Gasteiger partial charge in [0.15, 0.2) is 11.5 Å². The van der Waals surface area contributed by atoms with Crippen LogP contribution in [0.25, 0.3) is 16.7 Å². The molecule has 0 unspecified atom stereocenters. The van der Waals surface area contributed by atoms with Crippen LogP contribution >= 0.6 is 23.2 Å². The molecule has 2 aromatic carbocycles. The molecule has 2 aromatic heterocycles. The van der Waals surface area contributed by atoms with Gasteiger partial charge in [-0.15, -0.1) is 0 Å². The van der Waals surface area contributed by atoms with Gasteiger partial charge in [-0.2, -0.15) is 9.40 Å². The van der Waals surface area contributed by atoms with Crippen molar-refractivity contribution < 1.29 is 13.2 Å². The van der Waals surface area contributed by atoms with Crippen LogP contribution in [-0.2, 0) is 21.4 Å². The molecule has 5 rings (SSSR count). The van der Waals surface area contributed by atoms with Crippen LogP contribution in [0.2, 0.25) is 10.0 Å². The molecule has 1 saturated heterocycles. The van der Waals surface area contributed by atoms with Crippen molar-refractivity contribution in [2.75, 3.05) is 38.2 Å². The van der Waals surface area contributed by atoms with Crippen LogP contribution in [0.15, 0.2) is 53.4 Å². The van der Waals surface area contributed by atoms with E-state index in [0.29, 0.717) is 53.5 Å². The Hall–Kier alpha value is -2.76. The molecule has 0 spiro atoms. The zero-order valence-corrected chi connectivity index (χ0v) is 22.1. The molecular weight excluding hydrogens is 523 g/mol. The summed E-state index contributed by atoms with van der Waals surface area (Å²) in [5.41, 5.74) is 2.19. The zero-order chi connectivity index (χ0) is 25.4. The number of methoxy groups -OCH3 is 1. The van der Waals surface area contributed by atoms with Crippen LogP contribution in [0.1, 0.15) is 11.5 Å². The van der Waals surface area contributed by atoms with E-state index in [4.69, 9.17) is 43.0 Å². The molecule has 1 aliphatic rings. The summed E-state index contributed by atoms with van der Waals surface area (Å²) in [5, 5.41) is 6.63. The molecule has 3 heterocycles. The Bertz CT molecular complexity index is 1520. The van der Waals surface area contributed by atoms with Crippen LogP contribution in [0.5, 0.6) is 0 Å². The van der Waals surface area contributed by atoms with Gasteiger partial charge in [-0.1, -0.05) is 29.3 Å². The number of hydrogen-bond acceptors (Lipinski definition) is 7. The number of benzene rings is 2. The summed E-state index contributed by atoms with van der Waals surface area (Å²) in [6.45, 7) is 3.70. The number of fused-ring (bicyclic) bond motifs is 1. The fourth-order valence-corrected chi connectivity index (χ4v) is 6.04.